The number of carboxylic acid groups (broad SMARTS) is 1. The molecule has 2 N–H and O–H groups in total. The van der Waals surface area contributed by atoms with Crippen molar-refractivity contribution in [2.45, 2.75) is 38.1 Å². The lowest BCUT2D eigenvalue weighted by atomic mass is 9.66. The van der Waals surface area contributed by atoms with E-state index in [1.807, 2.05) is 19.0 Å². The highest BCUT2D eigenvalue weighted by Crippen LogP contribution is 2.43. The molecule has 0 spiro atoms. The van der Waals surface area contributed by atoms with Crippen LogP contribution in [0.3, 0.4) is 0 Å². The minimum absolute atomic E-state index is 0.0500. The largest absolute Gasteiger partial charge is 0.481 e. The van der Waals surface area contributed by atoms with E-state index in [0.29, 0.717) is 12.6 Å². The van der Waals surface area contributed by atoms with Gasteiger partial charge in [-0.1, -0.05) is 6.42 Å². The van der Waals surface area contributed by atoms with Crippen LogP contribution in [-0.4, -0.2) is 66.7 Å². The smallest absolute Gasteiger partial charge is 0.317 e. The van der Waals surface area contributed by atoms with E-state index in [1.54, 1.807) is 0 Å². The van der Waals surface area contributed by atoms with Crippen LogP contribution in [0.5, 0.6) is 0 Å². The summed E-state index contributed by atoms with van der Waals surface area (Å²) in [6, 6.07) is 0.378. The van der Waals surface area contributed by atoms with Crippen LogP contribution in [-0.2, 0) is 4.79 Å². The number of nitrogens with zero attached hydrogens (tertiary/aromatic N) is 2. The van der Waals surface area contributed by atoms with Crippen molar-refractivity contribution in [2.24, 2.45) is 5.41 Å². The molecule has 6 nitrogen and oxygen atoms in total. The Morgan fingerprint density at radius 1 is 1.40 bits per heavy atom. The Balaban J connectivity index is 1.79. The van der Waals surface area contributed by atoms with Gasteiger partial charge in [-0.25, -0.2) is 4.79 Å². The number of hydrogen-bond acceptors (Lipinski definition) is 3. The Kier molecular flexibility index (Phi) is 4.52. The first kappa shape index (κ1) is 15.1. The number of aliphatic carboxylic acids is 1. The third kappa shape index (κ3) is 3.42. The molecule has 1 heterocycles. The SMILES string of the molecule is CN(C)C1CCN(C(=O)NCC2(CC(=O)O)CCC2)C1. The fourth-order valence-electron chi connectivity index (χ4n) is 3.14. The zero-order valence-corrected chi connectivity index (χ0v) is 12.4. The van der Waals surface area contributed by atoms with Crippen molar-refractivity contribution in [2.75, 3.05) is 33.7 Å². The molecular formula is C14H25N3O3. The van der Waals surface area contributed by atoms with E-state index >= 15 is 0 Å². The summed E-state index contributed by atoms with van der Waals surface area (Å²) in [5, 5.41) is 11.9. The number of likely N-dealkylation sites (N-methyl/N-ethyl adjacent to an activating group) is 1. The van der Waals surface area contributed by atoms with Crippen LogP contribution < -0.4 is 5.32 Å². The van der Waals surface area contributed by atoms with Crippen LogP contribution in [0.4, 0.5) is 4.79 Å². The van der Waals surface area contributed by atoms with Gasteiger partial charge in [0, 0.05) is 25.7 Å². The van der Waals surface area contributed by atoms with E-state index in [2.05, 4.69) is 10.2 Å². The van der Waals surface area contributed by atoms with Crippen LogP contribution in [0.2, 0.25) is 0 Å². The topological polar surface area (TPSA) is 72.9 Å². The molecule has 1 unspecified atom stereocenters. The summed E-state index contributed by atoms with van der Waals surface area (Å²) in [5.74, 6) is -0.771. The summed E-state index contributed by atoms with van der Waals surface area (Å²) in [4.78, 5) is 27.0. The van der Waals surface area contributed by atoms with Crippen LogP contribution >= 0.6 is 0 Å². The molecular weight excluding hydrogens is 258 g/mol. The van der Waals surface area contributed by atoms with E-state index < -0.39 is 5.97 Å². The van der Waals surface area contributed by atoms with E-state index in [4.69, 9.17) is 5.11 Å². The minimum Gasteiger partial charge on any atom is -0.481 e. The molecule has 2 rings (SSSR count). The highest BCUT2D eigenvalue weighted by Gasteiger charge is 2.39. The van der Waals surface area contributed by atoms with Crippen molar-refractivity contribution < 1.29 is 14.7 Å². The molecule has 1 atom stereocenters. The fraction of sp³-hybridized carbons (Fsp3) is 0.857. The number of carboxylic acids is 1. The average Bonchev–Trinajstić information content (AvgIpc) is 2.81. The lowest BCUT2D eigenvalue weighted by Crippen LogP contribution is -2.48. The van der Waals surface area contributed by atoms with Gasteiger partial charge in [0.1, 0.15) is 0 Å². The highest BCUT2D eigenvalue weighted by molar-refractivity contribution is 5.75. The Morgan fingerprint density at radius 2 is 2.10 bits per heavy atom. The van der Waals surface area contributed by atoms with E-state index in [-0.39, 0.29) is 17.9 Å². The monoisotopic (exact) mass is 283 g/mol. The summed E-state index contributed by atoms with van der Waals surface area (Å²) < 4.78 is 0. The number of carbonyl (C=O) groups is 2. The van der Waals surface area contributed by atoms with Crippen LogP contribution in [0.25, 0.3) is 0 Å². The highest BCUT2D eigenvalue weighted by atomic mass is 16.4. The number of carbonyl (C=O) groups excluding carboxylic acids is 1. The number of likely N-dealkylation sites (tertiary alicyclic amines) is 1. The summed E-state index contributed by atoms with van der Waals surface area (Å²) in [6.45, 7) is 2.02. The molecule has 0 bridgehead atoms. The van der Waals surface area contributed by atoms with Crippen molar-refractivity contribution in [1.29, 1.82) is 0 Å². The normalized spacial score (nSPS) is 24.6. The molecule has 0 radical (unpaired) electrons. The predicted molar refractivity (Wildman–Crippen MR) is 75.6 cm³/mol. The van der Waals surface area contributed by atoms with Crippen molar-refractivity contribution in [1.82, 2.24) is 15.1 Å². The number of urea groups is 1. The maximum atomic E-state index is 12.1. The second-order valence-electron chi connectivity index (χ2n) is 6.43. The standard InChI is InChI=1S/C14H25N3O3/c1-16(2)11-4-7-17(9-11)13(20)15-10-14(5-3-6-14)8-12(18)19/h11H,3-10H2,1-2H3,(H,15,20)(H,18,19). The van der Waals surface area contributed by atoms with Gasteiger partial charge in [0.25, 0.3) is 0 Å². The van der Waals surface area contributed by atoms with E-state index in [9.17, 15) is 9.59 Å². The molecule has 1 aliphatic heterocycles. The summed E-state index contributed by atoms with van der Waals surface area (Å²) >= 11 is 0. The summed E-state index contributed by atoms with van der Waals surface area (Å²) in [7, 11) is 4.06. The summed E-state index contributed by atoms with van der Waals surface area (Å²) in [6.07, 6.45) is 4.03. The molecule has 1 saturated heterocycles. The number of hydrogen-bond donors (Lipinski definition) is 2. The number of amides is 2. The molecule has 0 aromatic carbocycles. The average molecular weight is 283 g/mol. The Bertz CT molecular complexity index is 380. The Morgan fingerprint density at radius 3 is 2.55 bits per heavy atom. The van der Waals surface area contributed by atoms with Gasteiger partial charge in [0.2, 0.25) is 0 Å². The quantitative estimate of drug-likeness (QED) is 0.789. The minimum atomic E-state index is -0.771. The van der Waals surface area contributed by atoms with Gasteiger partial charge in [-0.15, -0.1) is 0 Å². The van der Waals surface area contributed by atoms with Crippen molar-refractivity contribution in [3.8, 4) is 0 Å². The molecule has 6 heteroatoms. The van der Waals surface area contributed by atoms with Gasteiger partial charge in [0.15, 0.2) is 0 Å². The van der Waals surface area contributed by atoms with Gasteiger partial charge < -0.3 is 20.2 Å². The van der Waals surface area contributed by atoms with Crippen LogP contribution in [0, 0.1) is 5.41 Å². The third-order valence-corrected chi connectivity index (χ3v) is 4.74. The van der Waals surface area contributed by atoms with Crippen LogP contribution in [0.15, 0.2) is 0 Å². The Labute approximate surface area is 120 Å². The predicted octanol–water partition coefficient (Wildman–Crippen LogP) is 0.977. The first-order valence-electron chi connectivity index (χ1n) is 7.33. The van der Waals surface area contributed by atoms with E-state index in [0.717, 1.165) is 38.8 Å². The Hall–Kier alpha value is -1.30. The fourth-order valence-corrected chi connectivity index (χ4v) is 3.14. The molecule has 1 saturated carbocycles. The zero-order valence-electron chi connectivity index (χ0n) is 12.4. The molecule has 1 aliphatic carbocycles. The zero-order chi connectivity index (χ0) is 14.8. The van der Waals surface area contributed by atoms with Gasteiger partial charge >= 0.3 is 12.0 Å². The van der Waals surface area contributed by atoms with Gasteiger partial charge in [-0.3, -0.25) is 4.79 Å². The molecule has 114 valence electrons. The first-order chi connectivity index (χ1) is 9.42. The van der Waals surface area contributed by atoms with Crippen molar-refractivity contribution in [3.63, 3.8) is 0 Å². The lowest BCUT2D eigenvalue weighted by Gasteiger charge is -2.41. The van der Waals surface area contributed by atoms with Crippen molar-refractivity contribution >= 4 is 12.0 Å². The third-order valence-electron chi connectivity index (χ3n) is 4.74. The number of rotatable bonds is 5. The molecule has 2 fully saturated rings. The second kappa shape index (κ2) is 5.99. The van der Waals surface area contributed by atoms with E-state index in [1.165, 1.54) is 0 Å². The molecule has 2 aliphatic rings. The maximum absolute atomic E-state index is 12.1. The van der Waals surface area contributed by atoms with Gasteiger partial charge in [0.05, 0.1) is 6.42 Å². The summed E-state index contributed by atoms with van der Waals surface area (Å²) in [5.41, 5.74) is -0.206. The maximum Gasteiger partial charge on any atom is 0.317 e. The molecule has 0 aromatic heterocycles. The lowest BCUT2D eigenvalue weighted by molar-refractivity contribution is -0.141. The molecule has 20 heavy (non-hydrogen) atoms. The van der Waals surface area contributed by atoms with Crippen molar-refractivity contribution in [3.05, 3.63) is 0 Å². The van der Waals surface area contributed by atoms with Crippen LogP contribution in [0.1, 0.15) is 32.1 Å². The molecule has 2 amide bonds. The molecule has 0 aromatic rings. The second-order valence-corrected chi connectivity index (χ2v) is 6.43. The first-order valence-corrected chi connectivity index (χ1v) is 7.33. The van der Waals surface area contributed by atoms with Gasteiger partial charge in [-0.05, 0) is 38.8 Å². The van der Waals surface area contributed by atoms with Gasteiger partial charge in [-0.2, -0.15) is 0 Å². The number of nitrogens with one attached hydrogen (secondary N) is 1.